The molecule has 4 heteroatoms. The van der Waals surface area contributed by atoms with Gasteiger partial charge in [-0.3, -0.25) is 0 Å². The summed E-state index contributed by atoms with van der Waals surface area (Å²) in [6.07, 6.45) is 3.71. The topological polar surface area (TPSA) is 41.0 Å². The van der Waals surface area contributed by atoms with E-state index in [0.717, 1.165) is 44.1 Å². The maximum atomic E-state index is 4.28. The van der Waals surface area contributed by atoms with Crippen LogP contribution in [0.4, 0.5) is 5.82 Å². The van der Waals surface area contributed by atoms with Crippen molar-refractivity contribution in [2.75, 3.05) is 24.5 Å². The minimum atomic E-state index is 0.821. The molecular weight excluding hydrogens is 200 g/mol. The molecule has 0 aromatic carbocycles. The van der Waals surface area contributed by atoms with Crippen molar-refractivity contribution >= 4 is 5.82 Å². The summed E-state index contributed by atoms with van der Waals surface area (Å²) in [5.41, 5.74) is 1.02. The zero-order valence-corrected chi connectivity index (χ0v) is 9.95. The summed E-state index contributed by atoms with van der Waals surface area (Å²) < 4.78 is 0. The highest BCUT2D eigenvalue weighted by molar-refractivity contribution is 5.38. The lowest BCUT2D eigenvalue weighted by Crippen LogP contribution is -2.20. The first-order chi connectivity index (χ1) is 7.90. The van der Waals surface area contributed by atoms with E-state index in [-0.39, 0.29) is 0 Å². The third kappa shape index (κ3) is 2.92. The number of anilines is 1. The number of hydrogen-bond donors (Lipinski definition) is 1. The van der Waals surface area contributed by atoms with E-state index in [9.17, 15) is 0 Å². The van der Waals surface area contributed by atoms with Gasteiger partial charge in [0.1, 0.15) is 0 Å². The molecule has 1 aromatic heterocycles. The molecule has 1 fully saturated rings. The van der Waals surface area contributed by atoms with Crippen LogP contribution >= 0.6 is 0 Å². The lowest BCUT2D eigenvalue weighted by atomic mass is 10.3. The first kappa shape index (κ1) is 11.3. The van der Waals surface area contributed by atoms with Crippen LogP contribution in [-0.2, 0) is 6.54 Å². The summed E-state index contributed by atoms with van der Waals surface area (Å²) >= 11 is 0. The molecule has 0 amide bonds. The Morgan fingerprint density at radius 1 is 1.25 bits per heavy atom. The molecule has 0 saturated carbocycles. The zero-order valence-electron chi connectivity index (χ0n) is 9.95. The van der Waals surface area contributed by atoms with E-state index in [1.807, 2.05) is 0 Å². The SMILES string of the molecule is CCCNCc1ccc(N2CCCC2)nn1. The lowest BCUT2D eigenvalue weighted by Gasteiger charge is -2.15. The Labute approximate surface area is 97.1 Å². The highest BCUT2D eigenvalue weighted by Gasteiger charge is 2.13. The van der Waals surface area contributed by atoms with Crippen molar-refractivity contribution in [3.63, 3.8) is 0 Å². The number of nitrogens with zero attached hydrogens (tertiary/aromatic N) is 3. The van der Waals surface area contributed by atoms with Crippen LogP contribution in [-0.4, -0.2) is 29.8 Å². The van der Waals surface area contributed by atoms with E-state index in [2.05, 4.69) is 39.5 Å². The second-order valence-corrected chi connectivity index (χ2v) is 4.25. The van der Waals surface area contributed by atoms with Gasteiger partial charge in [-0.15, -0.1) is 5.10 Å². The van der Waals surface area contributed by atoms with Crippen LogP contribution in [0, 0.1) is 0 Å². The summed E-state index contributed by atoms with van der Waals surface area (Å²) in [4.78, 5) is 2.30. The van der Waals surface area contributed by atoms with Gasteiger partial charge >= 0.3 is 0 Å². The monoisotopic (exact) mass is 220 g/mol. The Kier molecular flexibility index (Phi) is 4.10. The Bertz CT molecular complexity index is 303. The second-order valence-electron chi connectivity index (χ2n) is 4.25. The van der Waals surface area contributed by atoms with Crippen LogP contribution in [0.15, 0.2) is 12.1 Å². The lowest BCUT2D eigenvalue weighted by molar-refractivity contribution is 0.656. The smallest absolute Gasteiger partial charge is 0.151 e. The Morgan fingerprint density at radius 3 is 2.69 bits per heavy atom. The molecule has 1 aromatic rings. The molecule has 16 heavy (non-hydrogen) atoms. The van der Waals surface area contributed by atoms with E-state index in [1.165, 1.54) is 12.8 Å². The number of nitrogens with one attached hydrogen (secondary N) is 1. The summed E-state index contributed by atoms with van der Waals surface area (Å²) in [6.45, 7) is 6.27. The van der Waals surface area contributed by atoms with Gasteiger partial charge in [-0.1, -0.05) is 6.92 Å². The highest BCUT2D eigenvalue weighted by atomic mass is 15.3. The van der Waals surface area contributed by atoms with Gasteiger partial charge in [-0.25, -0.2) is 0 Å². The van der Waals surface area contributed by atoms with Gasteiger partial charge in [0.2, 0.25) is 0 Å². The normalized spacial score (nSPS) is 15.7. The fraction of sp³-hybridized carbons (Fsp3) is 0.667. The molecule has 1 saturated heterocycles. The molecule has 0 bridgehead atoms. The average molecular weight is 220 g/mol. The highest BCUT2D eigenvalue weighted by Crippen LogP contribution is 2.16. The van der Waals surface area contributed by atoms with Gasteiger partial charge in [0, 0.05) is 19.6 Å². The number of rotatable bonds is 5. The fourth-order valence-corrected chi connectivity index (χ4v) is 1.96. The Balaban J connectivity index is 1.88. The van der Waals surface area contributed by atoms with Crippen LogP contribution in [0.2, 0.25) is 0 Å². The van der Waals surface area contributed by atoms with E-state index < -0.39 is 0 Å². The van der Waals surface area contributed by atoms with Gasteiger partial charge in [0.05, 0.1) is 5.69 Å². The van der Waals surface area contributed by atoms with Crippen molar-refractivity contribution in [1.29, 1.82) is 0 Å². The van der Waals surface area contributed by atoms with Crippen molar-refractivity contribution in [1.82, 2.24) is 15.5 Å². The summed E-state index contributed by atoms with van der Waals surface area (Å²) in [6, 6.07) is 4.16. The largest absolute Gasteiger partial charge is 0.355 e. The quantitative estimate of drug-likeness (QED) is 0.765. The number of hydrogen-bond acceptors (Lipinski definition) is 4. The molecule has 1 aliphatic rings. The van der Waals surface area contributed by atoms with Gasteiger partial charge in [0.25, 0.3) is 0 Å². The van der Waals surface area contributed by atoms with Crippen molar-refractivity contribution < 1.29 is 0 Å². The summed E-state index contributed by atoms with van der Waals surface area (Å²) in [5, 5.41) is 11.8. The van der Waals surface area contributed by atoms with Crippen LogP contribution in [0.25, 0.3) is 0 Å². The third-order valence-electron chi connectivity index (χ3n) is 2.87. The van der Waals surface area contributed by atoms with Crippen molar-refractivity contribution in [3.8, 4) is 0 Å². The molecular formula is C12H20N4. The molecule has 1 aliphatic heterocycles. The first-order valence-electron chi connectivity index (χ1n) is 6.18. The zero-order chi connectivity index (χ0) is 11.2. The van der Waals surface area contributed by atoms with E-state index in [4.69, 9.17) is 0 Å². The molecule has 88 valence electrons. The van der Waals surface area contributed by atoms with Crippen molar-refractivity contribution in [2.24, 2.45) is 0 Å². The average Bonchev–Trinajstić information content (AvgIpc) is 2.84. The van der Waals surface area contributed by atoms with Gasteiger partial charge in [0.15, 0.2) is 5.82 Å². The Hall–Kier alpha value is -1.16. The molecule has 4 nitrogen and oxygen atoms in total. The standard InChI is InChI=1S/C12H20N4/c1-2-7-13-10-11-5-6-12(15-14-11)16-8-3-4-9-16/h5-6,13H,2-4,7-10H2,1H3. The van der Waals surface area contributed by atoms with Crippen LogP contribution in [0.5, 0.6) is 0 Å². The molecule has 0 atom stereocenters. The number of aromatic nitrogens is 2. The predicted octanol–water partition coefficient (Wildman–Crippen LogP) is 1.58. The Morgan fingerprint density at radius 2 is 2.06 bits per heavy atom. The molecule has 2 heterocycles. The molecule has 0 radical (unpaired) electrons. The minimum absolute atomic E-state index is 0.821. The maximum Gasteiger partial charge on any atom is 0.151 e. The summed E-state index contributed by atoms with van der Waals surface area (Å²) in [5.74, 6) is 1.02. The van der Waals surface area contributed by atoms with E-state index in [0.29, 0.717) is 0 Å². The third-order valence-corrected chi connectivity index (χ3v) is 2.87. The van der Waals surface area contributed by atoms with Gasteiger partial charge < -0.3 is 10.2 Å². The predicted molar refractivity (Wildman–Crippen MR) is 65.5 cm³/mol. The van der Waals surface area contributed by atoms with Gasteiger partial charge in [-0.05, 0) is 37.9 Å². The molecule has 0 aliphatic carbocycles. The summed E-state index contributed by atoms with van der Waals surface area (Å²) in [7, 11) is 0. The minimum Gasteiger partial charge on any atom is -0.355 e. The fourth-order valence-electron chi connectivity index (χ4n) is 1.96. The molecule has 1 N–H and O–H groups in total. The molecule has 2 rings (SSSR count). The van der Waals surface area contributed by atoms with Crippen molar-refractivity contribution in [2.45, 2.75) is 32.7 Å². The van der Waals surface area contributed by atoms with Crippen LogP contribution < -0.4 is 10.2 Å². The first-order valence-corrected chi connectivity index (χ1v) is 6.18. The van der Waals surface area contributed by atoms with E-state index >= 15 is 0 Å². The maximum absolute atomic E-state index is 4.28. The van der Waals surface area contributed by atoms with Gasteiger partial charge in [-0.2, -0.15) is 5.10 Å². The second kappa shape index (κ2) is 5.80. The van der Waals surface area contributed by atoms with E-state index in [1.54, 1.807) is 0 Å². The molecule has 0 unspecified atom stereocenters. The van der Waals surface area contributed by atoms with Crippen LogP contribution in [0.3, 0.4) is 0 Å². The van der Waals surface area contributed by atoms with Crippen molar-refractivity contribution in [3.05, 3.63) is 17.8 Å². The van der Waals surface area contributed by atoms with Crippen LogP contribution in [0.1, 0.15) is 31.9 Å². The molecule has 0 spiro atoms.